The number of alkyl halides is 1. The number of halogens is 1. The van der Waals surface area contributed by atoms with Crippen molar-refractivity contribution in [2.75, 3.05) is 0 Å². The third-order valence-electron chi connectivity index (χ3n) is 6.05. The summed E-state index contributed by atoms with van der Waals surface area (Å²) in [7, 11) is 0. The zero-order valence-electron chi connectivity index (χ0n) is 14.9. The number of hydrogen-bond acceptors (Lipinski definition) is 4. The largest absolute Gasteiger partial charge is 0.426 e. The molecule has 3 aliphatic rings. The van der Waals surface area contributed by atoms with Gasteiger partial charge in [0.15, 0.2) is 11.6 Å². The summed E-state index contributed by atoms with van der Waals surface area (Å²) < 4.78 is 4.34. The number of ketones is 2. The maximum absolute atomic E-state index is 13.5. The first-order chi connectivity index (χ1) is 12.3. The van der Waals surface area contributed by atoms with E-state index in [1.807, 2.05) is 0 Å². The van der Waals surface area contributed by atoms with Crippen molar-refractivity contribution in [3.8, 4) is 5.75 Å². The van der Waals surface area contributed by atoms with Crippen molar-refractivity contribution >= 4 is 33.5 Å². The summed E-state index contributed by atoms with van der Waals surface area (Å²) in [6.07, 6.45) is 5.67. The fraction of sp³-hybridized carbons (Fsp3) is 0.476. The van der Waals surface area contributed by atoms with Crippen molar-refractivity contribution in [3.05, 3.63) is 41.0 Å². The summed E-state index contributed by atoms with van der Waals surface area (Å²) in [5, 5.41) is 0. The molecule has 0 bridgehead atoms. The Balaban J connectivity index is 1.85. The van der Waals surface area contributed by atoms with E-state index in [-0.39, 0.29) is 28.8 Å². The molecule has 5 heteroatoms. The molecule has 1 saturated carbocycles. The SMILES string of the molecule is CC(=O)Oc1cccc2c1C(=O)C1CC=C3CC(C)CCC3C1(Br)C2=O. The van der Waals surface area contributed by atoms with Gasteiger partial charge in [-0.05, 0) is 37.7 Å². The van der Waals surface area contributed by atoms with Crippen molar-refractivity contribution in [3.63, 3.8) is 0 Å². The van der Waals surface area contributed by atoms with Gasteiger partial charge in [-0.3, -0.25) is 14.4 Å². The third kappa shape index (κ3) is 2.43. The molecule has 0 N–H and O–H groups in total. The molecule has 0 aliphatic heterocycles. The fourth-order valence-corrected chi connectivity index (χ4v) is 6.01. The zero-order chi connectivity index (χ0) is 18.6. The molecular formula is C21H21BrO4. The summed E-state index contributed by atoms with van der Waals surface area (Å²) in [4.78, 5) is 38.3. The summed E-state index contributed by atoms with van der Waals surface area (Å²) in [6, 6.07) is 4.92. The van der Waals surface area contributed by atoms with Crippen molar-refractivity contribution in [2.24, 2.45) is 17.8 Å². The second-order valence-corrected chi connectivity index (χ2v) is 9.05. The first-order valence-corrected chi connectivity index (χ1v) is 9.91. The van der Waals surface area contributed by atoms with Crippen LogP contribution in [0.4, 0.5) is 0 Å². The van der Waals surface area contributed by atoms with Gasteiger partial charge in [-0.15, -0.1) is 0 Å². The second-order valence-electron chi connectivity index (χ2n) is 7.74. The van der Waals surface area contributed by atoms with Crippen LogP contribution in [0.3, 0.4) is 0 Å². The lowest BCUT2D eigenvalue weighted by atomic mass is 9.59. The normalized spacial score (nSPS) is 32.9. The highest BCUT2D eigenvalue weighted by Crippen LogP contribution is 2.56. The average molecular weight is 417 g/mol. The number of allylic oxidation sites excluding steroid dienone is 2. The van der Waals surface area contributed by atoms with Crippen molar-refractivity contribution in [1.82, 2.24) is 0 Å². The van der Waals surface area contributed by atoms with Crippen LogP contribution in [0.15, 0.2) is 29.8 Å². The van der Waals surface area contributed by atoms with Gasteiger partial charge in [0, 0.05) is 24.3 Å². The number of benzene rings is 1. The van der Waals surface area contributed by atoms with Gasteiger partial charge in [0.1, 0.15) is 10.1 Å². The smallest absolute Gasteiger partial charge is 0.308 e. The van der Waals surface area contributed by atoms with Crippen molar-refractivity contribution < 1.29 is 19.1 Å². The van der Waals surface area contributed by atoms with Gasteiger partial charge in [-0.1, -0.05) is 46.6 Å². The minimum absolute atomic E-state index is 0.0550. The monoisotopic (exact) mass is 416 g/mol. The number of fused-ring (bicyclic) bond motifs is 4. The Labute approximate surface area is 161 Å². The molecule has 0 amide bonds. The number of rotatable bonds is 1. The minimum Gasteiger partial charge on any atom is -0.426 e. The van der Waals surface area contributed by atoms with Crippen LogP contribution in [-0.4, -0.2) is 21.9 Å². The molecule has 0 heterocycles. The zero-order valence-corrected chi connectivity index (χ0v) is 16.5. The van der Waals surface area contributed by atoms with Crippen LogP contribution in [-0.2, 0) is 4.79 Å². The van der Waals surface area contributed by atoms with Gasteiger partial charge in [0.2, 0.25) is 0 Å². The number of carbonyl (C=O) groups excluding carboxylic acids is 3. The van der Waals surface area contributed by atoms with Crippen molar-refractivity contribution in [2.45, 2.75) is 43.9 Å². The van der Waals surface area contributed by atoms with Gasteiger partial charge in [-0.25, -0.2) is 0 Å². The molecule has 26 heavy (non-hydrogen) atoms. The quantitative estimate of drug-likeness (QED) is 0.292. The molecule has 4 nitrogen and oxygen atoms in total. The van der Waals surface area contributed by atoms with Crippen molar-refractivity contribution in [1.29, 1.82) is 0 Å². The Kier molecular flexibility index (Phi) is 4.18. The summed E-state index contributed by atoms with van der Waals surface area (Å²) in [5.74, 6) is -0.266. The minimum atomic E-state index is -0.879. The topological polar surface area (TPSA) is 60.4 Å². The molecule has 1 aromatic rings. The summed E-state index contributed by atoms with van der Waals surface area (Å²) in [6.45, 7) is 3.53. The molecule has 136 valence electrons. The van der Waals surface area contributed by atoms with Crippen LogP contribution in [0, 0.1) is 17.8 Å². The third-order valence-corrected chi connectivity index (χ3v) is 7.51. The molecule has 4 atom stereocenters. The number of Topliss-reactive ketones (excluding diaryl/α,β-unsaturated/α-hetero) is 2. The molecule has 0 spiro atoms. The number of hydrogen-bond donors (Lipinski definition) is 0. The van der Waals surface area contributed by atoms with E-state index >= 15 is 0 Å². The van der Waals surface area contributed by atoms with Gasteiger partial charge in [0.25, 0.3) is 0 Å². The molecular weight excluding hydrogens is 396 g/mol. The Morgan fingerprint density at radius 2 is 2.00 bits per heavy atom. The second kappa shape index (κ2) is 6.15. The molecule has 4 rings (SSSR count). The predicted molar refractivity (Wildman–Crippen MR) is 101 cm³/mol. The maximum atomic E-state index is 13.5. The highest BCUT2D eigenvalue weighted by atomic mass is 79.9. The van der Waals surface area contributed by atoms with E-state index in [0.29, 0.717) is 17.9 Å². The van der Waals surface area contributed by atoms with Gasteiger partial charge < -0.3 is 4.74 Å². The lowest BCUT2D eigenvalue weighted by Crippen LogP contribution is -2.56. The van der Waals surface area contributed by atoms with E-state index in [0.717, 1.165) is 19.3 Å². The van der Waals surface area contributed by atoms with Gasteiger partial charge >= 0.3 is 5.97 Å². The lowest BCUT2D eigenvalue weighted by molar-refractivity contribution is -0.131. The standard InChI is InChI=1S/C21H21BrO4/c1-11-6-8-15-13(10-11)7-9-16-19(24)18-14(20(25)21(15,16)22)4-3-5-17(18)26-12(2)23/h3-5,7,11,15-16H,6,8-10H2,1-2H3. The van der Waals surface area contributed by atoms with E-state index in [1.165, 1.54) is 12.5 Å². The Morgan fingerprint density at radius 3 is 2.73 bits per heavy atom. The van der Waals surface area contributed by atoms with Crippen LogP contribution in [0.25, 0.3) is 0 Å². The van der Waals surface area contributed by atoms with Crippen LogP contribution < -0.4 is 4.74 Å². The Morgan fingerprint density at radius 1 is 1.23 bits per heavy atom. The highest BCUT2D eigenvalue weighted by Gasteiger charge is 2.59. The van der Waals surface area contributed by atoms with Crippen LogP contribution in [0.5, 0.6) is 5.75 Å². The molecule has 3 aliphatic carbocycles. The molecule has 0 radical (unpaired) electrons. The number of ether oxygens (including phenoxy) is 1. The lowest BCUT2D eigenvalue weighted by Gasteiger charge is -2.49. The number of carbonyl (C=O) groups is 3. The van der Waals surface area contributed by atoms with Crippen LogP contribution in [0.1, 0.15) is 60.2 Å². The first-order valence-electron chi connectivity index (χ1n) is 9.12. The highest BCUT2D eigenvalue weighted by molar-refractivity contribution is 9.10. The molecule has 4 unspecified atom stereocenters. The van der Waals surface area contributed by atoms with E-state index in [4.69, 9.17) is 4.74 Å². The van der Waals surface area contributed by atoms with Crippen LogP contribution >= 0.6 is 15.9 Å². The predicted octanol–water partition coefficient (Wildman–Crippen LogP) is 4.51. The molecule has 1 aromatic carbocycles. The molecule has 0 aromatic heterocycles. The summed E-state index contributed by atoms with van der Waals surface area (Å²) >= 11 is 3.77. The van der Waals surface area contributed by atoms with E-state index < -0.39 is 16.2 Å². The average Bonchev–Trinajstić information content (AvgIpc) is 2.59. The summed E-state index contributed by atoms with van der Waals surface area (Å²) in [5.41, 5.74) is 1.92. The molecule has 0 saturated heterocycles. The molecule has 1 fully saturated rings. The van der Waals surface area contributed by atoms with E-state index in [9.17, 15) is 14.4 Å². The van der Waals surface area contributed by atoms with E-state index in [1.54, 1.807) is 18.2 Å². The fourth-order valence-electron chi connectivity index (χ4n) is 4.88. The maximum Gasteiger partial charge on any atom is 0.308 e. The van der Waals surface area contributed by atoms with Gasteiger partial charge in [0.05, 0.1) is 5.56 Å². The Hall–Kier alpha value is -1.75. The Bertz CT molecular complexity index is 856. The number of esters is 1. The first kappa shape index (κ1) is 17.7. The van der Waals surface area contributed by atoms with E-state index in [2.05, 4.69) is 28.9 Å². The van der Waals surface area contributed by atoms with Crippen LogP contribution in [0.2, 0.25) is 0 Å². The van der Waals surface area contributed by atoms with Gasteiger partial charge in [-0.2, -0.15) is 0 Å².